The Hall–Kier alpha value is -4.28. The molecule has 12 atom stereocenters. The second-order valence-corrected chi connectivity index (χ2v) is 12.4. The first-order chi connectivity index (χ1) is 25.4. The Morgan fingerprint density at radius 3 is 1.96 bits per heavy atom. The molecule has 0 unspecified atom stereocenters. The van der Waals surface area contributed by atoms with Gasteiger partial charge in [0.2, 0.25) is 11.8 Å². The average Bonchev–Trinajstić information content (AvgIpc) is 3.16. The van der Waals surface area contributed by atoms with Gasteiger partial charge in [-0.3, -0.25) is 9.59 Å². The Morgan fingerprint density at radius 2 is 1.36 bits per heavy atom. The van der Waals surface area contributed by atoms with Crippen LogP contribution in [-0.2, 0) is 51.1 Å². The van der Waals surface area contributed by atoms with Gasteiger partial charge in [0.05, 0.1) is 26.7 Å². The second-order valence-electron chi connectivity index (χ2n) is 12.4. The number of alkyl carbamates (subject to hydrolysis) is 1. The zero-order chi connectivity index (χ0) is 38.7. The molecular weight excluding hydrogens is 706 g/mol. The van der Waals surface area contributed by atoms with E-state index in [1.54, 1.807) is 60.7 Å². The Morgan fingerprint density at radius 1 is 0.736 bits per heavy atom. The van der Waals surface area contributed by atoms with Crippen molar-refractivity contribution in [3.8, 4) is 0 Å². The van der Waals surface area contributed by atoms with Crippen LogP contribution in [-0.4, -0.2) is 153 Å². The number of aliphatic hydroxyl groups is 7. The number of ether oxygens (including phenoxy) is 5. The van der Waals surface area contributed by atoms with Crippen LogP contribution in [0.25, 0.3) is 0 Å². The summed E-state index contributed by atoms with van der Waals surface area (Å²) in [5.41, 5.74) is 1.30. The lowest BCUT2D eigenvalue weighted by Gasteiger charge is -2.46. The standard InChI is InChI=1S/C34H45N3O16/c1-49-32(47)20(12-17-8-4-2-5-9-17)35-30(46)19(36-34(48)50-16-18-10-6-3-7-11-18)13-23(40)37-31-27(44)26(43)29(22(15-39)51-31)53-33-28(45)25(42)24(41)21(14-38)52-33/h2-11,19-22,24-29,31,33,38-39,41-45H,12-16H2,1H3,(H,35,46)(H,36,48)(H,37,40)/t19-,20-,21+,22+,24+,25-,26+,27+,28+,29+,31+,33+/m0/s1. The summed E-state index contributed by atoms with van der Waals surface area (Å²) in [7, 11) is 1.12. The van der Waals surface area contributed by atoms with E-state index in [2.05, 4.69) is 16.0 Å². The first kappa shape index (κ1) is 41.5. The molecule has 2 aromatic carbocycles. The van der Waals surface area contributed by atoms with Crippen molar-refractivity contribution in [2.75, 3.05) is 20.3 Å². The molecule has 0 radical (unpaired) electrons. The number of rotatable bonds is 15. The van der Waals surface area contributed by atoms with Crippen LogP contribution in [0.5, 0.6) is 0 Å². The second kappa shape index (κ2) is 19.7. The molecule has 2 fully saturated rings. The molecule has 0 bridgehead atoms. The fourth-order valence-corrected chi connectivity index (χ4v) is 5.69. The van der Waals surface area contributed by atoms with Crippen LogP contribution >= 0.6 is 0 Å². The van der Waals surface area contributed by atoms with Crippen molar-refractivity contribution >= 4 is 23.9 Å². The lowest BCUT2D eigenvalue weighted by atomic mass is 9.96. The molecule has 2 saturated heterocycles. The minimum Gasteiger partial charge on any atom is -0.467 e. The van der Waals surface area contributed by atoms with E-state index in [-0.39, 0.29) is 13.0 Å². The molecule has 4 rings (SSSR count). The van der Waals surface area contributed by atoms with E-state index in [0.29, 0.717) is 11.1 Å². The zero-order valence-electron chi connectivity index (χ0n) is 28.5. The SMILES string of the molecule is COC(=O)[C@H](Cc1ccccc1)NC(=O)[C@H](CC(=O)N[C@@H]1O[C@H](CO)[C@@H](O[C@H]2O[C@H](CO)[C@@H](O)[C@H](O)[C@H]2O)[C@H](O)[C@H]1O)NC(=O)OCc1ccccc1. The summed E-state index contributed by atoms with van der Waals surface area (Å²) >= 11 is 0. The number of amides is 3. The van der Waals surface area contributed by atoms with Crippen molar-refractivity contribution < 1.29 is 78.6 Å². The predicted octanol–water partition coefficient (Wildman–Crippen LogP) is -3.69. The van der Waals surface area contributed by atoms with Gasteiger partial charge in [0.1, 0.15) is 67.5 Å². The molecule has 53 heavy (non-hydrogen) atoms. The van der Waals surface area contributed by atoms with Crippen LogP contribution in [0.3, 0.4) is 0 Å². The van der Waals surface area contributed by atoms with Gasteiger partial charge < -0.3 is 75.4 Å². The van der Waals surface area contributed by atoms with Crippen LogP contribution in [0.2, 0.25) is 0 Å². The van der Waals surface area contributed by atoms with Crippen molar-refractivity contribution in [1.29, 1.82) is 0 Å². The van der Waals surface area contributed by atoms with Gasteiger partial charge in [0, 0.05) is 6.42 Å². The average molecular weight is 752 g/mol. The third-order valence-electron chi connectivity index (χ3n) is 8.60. The van der Waals surface area contributed by atoms with E-state index in [4.69, 9.17) is 23.7 Å². The van der Waals surface area contributed by atoms with Crippen molar-refractivity contribution in [2.24, 2.45) is 0 Å². The largest absolute Gasteiger partial charge is 0.467 e. The number of hydrogen-bond acceptors (Lipinski definition) is 16. The van der Waals surface area contributed by atoms with E-state index >= 15 is 0 Å². The third kappa shape index (κ3) is 11.1. The summed E-state index contributed by atoms with van der Waals surface area (Å²) in [5, 5.41) is 78.8. The van der Waals surface area contributed by atoms with E-state index < -0.39 is 117 Å². The number of aliphatic hydroxyl groups excluding tert-OH is 7. The van der Waals surface area contributed by atoms with Crippen molar-refractivity contribution in [3.63, 3.8) is 0 Å². The number of benzene rings is 2. The monoisotopic (exact) mass is 751 g/mol. The normalized spacial score (nSPS) is 29.6. The molecule has 292 valence electrons. The predicted molar refractivity (Wildman–Crippen MR) is 177 cm³/mol. The summed E-state index contributed by atoms with van der Waals surface area (Å²) in [5.74, 6) is -2.79. The minimum absolute atomic E-state index is 0.00548. The Labute approximate surface area is 303 Å². The molecule has 2 heterocycles. The number of methoxy groups -OCH3 is 1. The number of nitrogens with one attached hydrogen (secondary N) is 3. The maximum Gasteiger partial charge on any atom is 0.408 e. The summed E-state index contributed by atoms with van der Waals surface area (Å²) in [6.45, 7) is -1.82. The van der Waals surface area contributed by atoms with E-state index in [1.165, 1.54) is 0 Å². The van der Waals surface area contributed by atoms with Gasteiger partial charge in [0.15, 0.2) is 12.5 Å². The number of hydrogen-bond donors (Lipinski definition) is 10. The van der Waals surface area contributed by atoms with Crippen molar-refractivity contribution in [1.82, 2.24) is 16.0 Å². The summed E-state index contributed by atoms with van der Waals surface area (Å²) in [6, 6.07) is 14.4. The number of carbonyl (C=O) groups is 4. The fourth-order valence-electron chi connectivity index (χ4n) is 5.69. The summed E-state index contributed by atoms with van der Waals surface area (Å²) in [4.78, 5) is 52.3. The molecule has 3 amide bonds. The summed E-state index contributed by atoms with van der Waals surface area (Å²) < 4.78 is 26.4. The highest BCUT2D eigenvalue weighted by Gasteiger charge is 2.50. The van der Waals surface area contributed by atoms with Crippen molar-refractivity contribution in [2.45, 2.75) is 92.9 Å². The molecule has 0 aliphatic carbocycles. The highest BCUT2D eigenvalue weighted by molar-refractivity contribution is 5.93. The maximum atomic E-state index is 13.5. The van der Waals surface area contributed by atoms with Gasteiger partial charge in [-0.05, 0) is 11.1 Å². The molecule has 10 N–H and O–H groups in total. The van der Waals surface area contributed by atoms with Crippen LogP contribution in [0.15, 0.2) is 60.7 Å². The van der Waals surface area contributed by atoms with E-state index in [0.717, 1.165) is 7.11 Å². The van der Waals surface area contributed by atoms with Gasteiger partial charge in [-0.15, -0.1) is 0 Å². The molecule has 2 aliphatic heterocycles. The topological polar surface area (TPSA) is 292 Å². The van der Waals surface area contributed by atoms with Gasteiger partial charge in [-0.1, -0.05) is 60.7 Å². The fraction of sp³-hybridized carbons (Fsp3) is 0.529. The quantitative estimate of drug-likeness (QED) is 0.0784. The van der Waals surface area contributed by atoms with Gasteiger partial charge in [0.25, 0.3) is 0 Å². The van der Waals surface area contributed by atoms with E-state index in [9.17, 15) is 54.9 Å². The summed E-state index contributed by atoms with van der Waals surface area (Å²) in [6.07, 6.45) is -19.1. The first-order valence-electron chi connectivity index (χ1n) is 16.6. The molecule has 19 nitrogen and oxygen atoms in total. The van der Waals surface area contributed by atoms with Crippen LogP contribution in [0, 0.1) is 0 Å². The van der Waals surface area contributed by atoms with Crippen LogP contribution in [0.1, 0.15) is 17.5 Å². The molecule has 0 spiro atoms. The Balaban J connectivity index is 1.45. The zero-order valence-corrected chi connectivity index (χ0v) is 28.5. The highest BCUT2D eigenvalue weighted by Crippen LogP contribution is 2.28. The molecule has 0 saturated carbocycles. The van der Waals surface area contributed by atoms with Gasteiger partial charge in [-0.25, -0.2) is 9.59 Å². The molecular formula is C34H45N3O16. The lowest BCUT2D eigenvalue weighted by molar-refractivity contribution is -0.343. The number of esters is 1. The molecule has 0 aromatic heterocycles. The molecule has 2 aromatic rings. The minimum atomic E-state index is -1.96. The Bertz CT molecular complexity index is 1480. The molecule has 19 heteroatoms. The first-order valence-corrected chi connectivity index (χ1v) is 16.6. The van der Waals surface area contributed by atoms with E-state index in [1.807, 2.05) is 0 Å². The lowest BCUT2D eigenvalue weighted by Crippen LogP contribution is -2.66. The molecule has 2 aliphatic rings. The highest BCUT2D eigenvalue weighted by atomic mass is 16.7. The smallest absolute Gasteiger partial charge is 0.408 e. The van der Waals surface area contributed by atoms with Crippen LogP contribution in [0.4, 0.5) is 4.79 Å². The number of carbonyl (C=O) groups excluding carboxylic acids is 4. The third-order valence-corrected chi connectivity index (χ3v) is 8.60. The van der Waals surface area contributed by atoms with Crippen molar-refractivity contribution in [3.05, 3.63) is 71.8 Å². The van der Waals surface area contributed by atoms with Gasteiger partial charge in [-0.2, -0.15) is 0 Å². The Kier molecular flexibility index (Phi) is 15.4. The maximum absolute atomic E-state index is 13.5. The van der Waals surface area contributed by atoms with Gasteiger partial charge >= 0.3 is 12.1 Å². The van der Waals surface area contributed by atoms with Crippen LogP contribution < -0.4 is 16.0 Å².